The van der Waals surface area contributed by atoms with Gasteiger partial charge in [0.15, 0.2) is 5.82 Å². The fourth-order valence-electron chi connectivity index (χ4n) is 4.16. The minimum Gasteiger partial charge on any atom is -0.381 e. The smallest absolute Gasteiger partial charge is 0.254 e. The van der Waals surface area contributed by atoms with Crippen LogP contribution in [0.3, 0.4) is 0 Å². The normalized spacial score (nSPS) is 15.5. The molecule has 10 nitrogen and oxygen atoms in total. The summed E-state index contributed by atoms with van der Waals surface area (Å²) >= 11 is 0. The highest BCUT2D eigenvalue weighted by atomic mass is 16.5. The third kappa shape index (κ3) is 5.55. The van der Waals surface area contributed by atoms with Crippen molar-refractivity contribution >= 4 is 5.91 Å². The van der Waals surface area contributed by atoms with Gasteiger partial charge in [0.25, 0.3) is 5.91 Å². The lowest BCUT2D eigenvalue weighted by molar-refractivity contribution is 0.0536. The van der Waals surface area contributed by atoms with Crippen LogP contribution >= 0.6 is 0 Å². The first-order valence-corrected chi connectivity index (χ1v) is 11.9. The molecule has 1 aromatic carbocycles. The van der Waals surface area contributed by atoms with Gasteiger partial charge >= 0.3 is 0 Å². The molecule has 10 heteroatoms. The van der Waals surface area contributed by atoms with Crippen molar-refractivity contribution in [2.24, 2.45) is 13.0 Å². The first-order chi connectivity index (χ1) is 17.5. The molecule has 184 valence electrons. The zero-order chi connectivity index (χ0) is 24.9. The maximum Gasteiger partial charge on any atom is 0.254 e. The number of benzene rings is 1. The van der Waals surface area contributed by atoms with Crippen molar-refractivity contribution in [2.75, 3.05) is 19.8 Å². The van der Waals surface area contributed by atoms with E-state index < -0.39 is 0 Å². The summed E-state index contributed by atoms with van der Waals surface area (Å²) in [5.74, 6) is 0.655. The zero-order valence-electron chi connectivity index (χ0n) is 20.0. The Hall–Kier alpha value is -4.18. The molecule has 1 aliphatic rings. The van der Waals surface area contributed by atoms with Gasteiger partial charge < -0.3 is 10.1 Å². The molecule has 3 aromatic heterocycles. The Bertz CT molecular complexity index is 1410. The van der Waals surface area contributed by atoms with Gasteiger partial charge in [-0.05, 0) is 30.4 Å². The summed E-state index contributed by atoms with van der Waals surface area (Å²) < 4.78 is 8.78. The van der Waals surface area contributed by atoms with Crippen LogP contribution in [0.15, 0.2) is 66.1 Å². The second kappa shape index (κ2) is 10.6. The first kappa shape index (κ1) is 23.6. The number of aromatic nitrogens is 6. The fourth-order valence-corrected chi connectivity index (χ4v) is 4.16. The number of hydrogen-bond acceptors (Lipinski definition) is 7. The average Bonchev–Trinajstić information content (AvgIpc) is 3.35. The molecule has 1 fully saturated rings. The van der Waals surface area contributed by atoms with Crippen molar-refractivity contribution in [3.05, 3.63) is 88.4 Å². The van der Waals surface area contributed by atoms with Gasteiger partial charge in [-0.1, -0.05) is 18.2 Å². The molecule has 1 atom stereocenters. The lowest BCUT2D eigenvalue weighted by Gasteiger charge is -2.22. The van der Waals surface area contributed by atoms with Gasteiger partial charge in [-0.15, -0.1) is 0 Å². The molecule has 0 saturated carbocycles. The second-order valence-corrected chi connectivity index (χ2v) is 8.91. The molecule has 36 heavy (non-hydrogen) atoms. The Kier molecular flexibility index (Phi) is 6.94. The highest BCUT2D eigenvalue weighted by Crippen LogP contribution is 2.18. The van der Waals surface area contributed by atoms with E-state index in [2.05, 4.69) is 25.5 Å². The maximum atomic E-state index is 12.5. The predicted octanol–water partition coefficient (Wildman–Crippen LogP) is 2.17. The van der Waals surface area contributed by atoms with E-state index in [1.807, 2.05) is 37.5 Å². The molecule has 4 aromatic rings. The van der Waals surface area contributed by atoms with Gasteiger partial charge in [-0.25, -0.2) is 14.6 Å². The second-order valence-electron chi connectivity index (χ2n) is 8.91. The molecular weight excluding hydrogens is 458 g/mol. The lowest BCUT2D eigenvalue weighted by Crippen LogP contribution is -2.33. The van der Waals surface area contributed by atoms with Crippen LogP contribution in [0.25, 0.3) is 17.1 Å². The molecule has 1 aliphatic heterocycles. The SMILES string of the molecule is Cn1cc(-n2ccc(=O)c(Cc3cccc(-c4ncc(C(=O)NCC5CCCOC5)cn4)c3)n2)cn1. The number of nitrogens with one attached hydrogen (secondary N) is 1. The summed E-state index contributed by atoms with van der Waals surface area (Å²) in [5.41, 5.74) is 3.18. The number of rotatable bonds is 7. The van der Waals surface area contributed by atoms with Crippen molar-refractivity contribution < 1.29 is 9.53 Å². The number of hydrogen-bond donors (Lipinski definition) is 1. The van der Waals surface area contributed by atoms with Gasteiger partial charge in [0.05, 0.1) is 24.6 Å². The molecule has 1 amide bonds. The third-order valence-electron chi connectivity index (χ3n) is 6.11. The highest BCUT2D eigenvalue weighted by Gasteiger charge is 2.16. The Balaban J connectivity index is 1.27. The van der Waals surface area contributed by atoms with Crippen LogP contribution in [-0.4, -0.2) is 55.2 Å². The number of aryl methyl sites for hydroxylation is 1. The van der Waals surface area contributed by atoms with Gasteiger partial charge in [0.2, 0.25) is 5.43 Å². The van der Waals surface area contributed by atoms with E-state index >= 15 is 0 Å². The van der Waals surface area contributed by atoms with E-state index in [-0.39, 0.29) is 11.3 Å². The number of carbonyl (C=O) groups is 1. The third-order valence-corrected chi connectivity index (χ3v) is 6.11. The number of carbonyl (C=O) groups excluding carboxylic acids is 1. The molecule has 1 saturated heterocycles. The lowest BCUT2D eigenvalue weighted by atomic mass is 10.0. The van der Waals surface area contributed by atoms with Crippen LogP contribution < -0.4 is 10.7 Å². The summed E-state index contributed by atoms with van der Waals surface area (Å²) in [6.45, 7) is 2.06. The number of amides is 1. The van der Waals surface area contributed by atoms with Crippen LogP contribution in [-0.2, 0) is 18.2 Å². The monoisotopic (exact) mass is 485 g/mol. The number of ether oxygens (including phenoxy) is 1. The minimum absolute atomic E-state index is 0.132. The quantitative estimate of drug-likeness (QED) is 0.426. The van der Waals surface area contributed by atoms with E-state index in [9.17, 15) is 9.59 Å². The molecule has 0 spiro atoms. The Labute approximate surface area is 208 Å². The average molecular weight is 486 g/mol. The van der Waals surface area contributed by atoms with Crippen molar-refractivity contribution in [3.63, 3.8) is 0 Å². The van der Waals surface area contributed by atoms with E-state index in [0.29, 0.717) is 42.6 Å². The van der Waals surface area contributed by atoms with Crippen molar-refractivity contribution in [3.8, 4) is 17.1 Å². The predicted molar refractivity (Wildman–Crippen MR) is 133 cm³/mol. The summed E-state index contributed by atoms with van der Waals surface area (Å²) in [5, 5.41) is 11.6. The largest absolute Gasteiger partial charge is 0.381 e. The van der Waals surface area contributed by atoms with E-state index in [1.54, 1.807) is 21.8 Å². The van der Waals surface area contributed by atoms with Crippen molar-refractivity contribution in [1.82, 2.24) is 34.8 Å². The summed E-state index contributed by atoms with van der Waals surface area (Å²) in [6, 6.07) is 9.16. The van der Waals surface area contributed by atoms with E-state index in [0.717, 1.165) is 36.3 Å². The molecular formula is C26H27N7O3. The van der Waals surface area contributed by atoms with Crippen LogP contribution in [0.1, 0.15) is 34.5 Å². The Morgan fingerprint density at radius 2 is 2.06 bits per heavy atom. The standard InChI is InChI=1S/C26H27N7O3/c1-32-16-22(15-30-32)33-8-7-24(34)23(31-33)11-18-4-2-6-20(10-18)25-27-13-21(14-28-25)26(35)29-12-19-5-3-9-36-17-19/h2,4,6-8,10,13-16,19H,3,5,9,11-12,17H2,1H3,(H,29,35). The fraction of sp³-hybridized carbons (Fsp3) is 0.308. The molecule has 4 heterocycles. The minimum atomic E-state index is -0.194. The van der Waals surface area contributed by atoms with Gasteiger partial charge in [-0.3, -0.25) is 14.3 Å². The highest BCUT2D eigenvalue weighted by molar-refractivity contribution is 5.93. The molecule has 0 radical (unpaired) electrons. The summed E-state index contributed by atoms with van der Waals surface area (Å²) in [7, 11) is 1.83. The summed E-state index contributed by atoms with van der Waals surface area (Å²) in [6.07, 6.45) is 10.7. The van der Waals surface area contributed by atoms with E-state index in [1.165, 1.54) is 18.5 Å². The van der Waals surface area contributed by atoms with Crippen molar-refractivity contribution in [1.29, 1.82) is 0 Å². The Morgan fingerprint density at radius 1 is 1.19 bits per heavy atom. The van der Waals surface area contributed by atoms with Crippen LogP contribution in [0, 0.1) is 5.92 Å². The molecule has 1 N–H and O–H groups in total. The zero-order valence-corrected chi connectivity index (χ0v) is 20.0. The van der Waals surface area contributed by atoms with Crippen LogP contribution in [0.2, 0.25) is 0 Å². The molecule has 1 unspecified atom stereocenters. The Morgan fingerprint density at radius 3 is 2.81 bits per heavy atom. The number of nitrogens with zero attached hydrogens (tertiary/aromatic N) is 6. The maximum absolute atomic E-state index is 12.5. The molecule has 5 rings (SSSR count). The van der Waals surface area contributed by atoms with Crippen molar-refractivity contribution in [2.45, 2.75) is 19.3 Å². The first-order valence-electron chi connectivity index (χ1n) is 11.9. The summed E-state index contributed by atoms with van der Waals surface area (Å²) in [4.78, 5) is 33.7. The van der Waals surface area contributed by atoms with E-state index in [4.69, 9.17) is 4.74 Å². The van der Waals surface area contributed by atoms with Gasteiger partial charge in [0.1, 0.15) is 11.4 Å². The van der Waals surface area contributed by atoms with Crippen LogP contribution in [0.5, 0.6) is 0 Å². The molecule has 0 aliphatic carbocycles. The van der Waals surface area contributed by atoms with Gasteiger partial charge in [0, 0.05) is 56.8 Å². The van der Waals surface area contributed by atoms with Gasteiger partial charge in [-0.2, -0.15) is 10.2 Å². The molecule has 0 bridgehead atoms. The topological polar surface area (TPSA) is 117 Å². The van der Waals surface area contributed by atoms with Crippen LogP contribution in [0.4, 0.5) is 0 Å².